The Balaban J connectivity index is 1.39. The molecule has 5 heteroatoms. The van der Waals surface area contributed by atoms with Crippen molar-refractivity contribution in [3.05, 3.63) is 70.4 Å². The molecule has 3 aromatic rings. The normalized spacial score (nSPS) is 14.4. The molecule has 0 bridgehead atoms. The van der Waals surface area contributed by atoms with Crippen LogP contribution in [-0.2, 0) is 24.1 Å². The molecule has 0 saturated heterocycles. The van der Waals surface area contributed by atoms with E-state index in [1.165, 1.54) is 47.3 Å². The summed E-state index contributed by atoms with van der Waals surface area (Å²) in [5, 5.41) is 5.90. The van der Waals surface area contributed by atoms with Gasteiger partial charge in [0.05, 0.1) is 23.9 Å². The molecule has 2 heterocycles. The second kappa shape index (κ2) is 8.01. The van der Waals surface area contributed by atoms with Gasteiger partial charge in [0.2, 0.25) is 5.91 Å². The van der Waals surface area contributed by atoms with Crippen LogP contribution < -0.4 is 5.32 Å². The number of hydrogen-bond donors (Lipinski definition) is 1. The Hall–Kier alpha value is -2.53. The first kappa shape index (κ1) is 17.9. The van der Waals surface area contributed by atoms with Crippen LogP contribution in [0.5, 0.6) is 0 Å². The fourth-order valence-electron chi connectivity index (χ4n) is 3.56. The predicted octanol–water partition coefficient (Wildman–Crippen LogP) is 4.50. The Morgan fingerprint density at radius 1 is 1.19 bits per heavy atom. The summed E-state index contributed by atoms with van der Waals surface area (Å²) < 4.78 is 0. The highest BCUT2D eigenvalue weighted by Crippen LogP contribution is 2.25. The lowest BCUT2D eigenvalue weighted by Gasteiger charge is -2.20. The van der Waals surface area contributed by atoms with Gasteiger partial charge in [-0.15, -0.1) is 11.3 Å². The van der Waals surface area contributed by atoms with Crippen LogP contribution in [0.15, 0.2) is 48.0 Å². The second-order valence-electron chi connectivity index (χ2n) is 7.06. The van der Waals surface area contributed by atoms with E-state index < -0.39 is 0 Å². The van der Waals surface area contributed by atoms with E-state index in [9.17, 15) is 4.79 Å². The first-order valence-corrected chi connectivity index (χ1v) is 10.3. The quantitative estimate of drug-likeness (QED) is 0.712. The number of thiazole rings is 1. The molecule has 4 rings (SSSR count). The minimum absolute atomic E-state index is 0.00128. The maximum absolute atomic E-state index is 12.5. The van der Waals surface area contributed by atoms with E-state index in [1.54, 1.807) is 6.20 Å². The van der Waals surface area contributed by atoms with E-state index in [0.29, 0.717) is 6.42 Å². The van der Waals surface area contributed by atoms with Gasteiger partial charge in [-0.1, -0.05) is 24.3 Å². The topological polar surface area (TPSA) is 54.9 Å². The number of pyridine rings is 1. The van der Waals surface area contributed by atoms with Crippen molar-refractivity contribution in [1.29, 1.82) is 0 Å². The average Bonchev–Trinajstić information content (AvgIpc) is 3.16. The van der Waals surface area contributed by atoms with E-state index in [0.717, 1.165) is 22.8 Å². The van der Waals surface area contributed by atoms with Crippen LogP contribution in [0.1, 0.15) is 48.2 Å². The fraction of sp³-hybridized carbons (Fsp3) is 0.318. The van der Waals surface area contributed by atoms with Crippen molar-refractivity contribution in [2.45, 2.75) is 45.1 Å². The Kier molecular flexibility index (Phi) is 5.30. The second-order valence-corrected chi connectivity index (χ2v) is 7.92. The van der Waals surface area contributed by atoms with Gasteiger partial charge in [0.15, 0.2) is 0 Å². The molecule has 1 amide bonds. The summed E-state index contributed by atoms with van der Waals surface area (Å²) in [6.07, 6.45) is 6.92. The summed E-state index contributed by atoms with van der Waals surface area (Å²) in [6, 6.07) is 12.4. The van der Waals surface area contributed by atoms with Crippen molar-refractivity contribution in [3.63, 3.8) is 0 Å². The lowest BCUT2D eigenvalue weighted by molar-refractivity contribution is -0.121. The molecule has 1 atom stereocenters. The molecular weight excluding hydrogens is 354 g/mol. The number of fused-ring (bicyclic) bond motifs is 1. The van der Waals surface area contributed by atoms with Crippen molar-refractivity contribution in [2.24, 2.45) is 0 Å². The number of rotatable bonds is 5. The predicted molar refractivity (Wildman–Crippen MR) is 109 cm³/mol. The SMILES string of the molecule is CC(NC(=O)Cc1csc(-c2ccccn2)n1)c1ccc2c(c1)CCCC2. The Morgan fingerprint density at radius 2 is 2.04 bits per heavy atom. The van der Waals surface area contributed by atoms with E-state index in [-0.39, 0.29) is 11.9 Å². The summed E-state index contributed by atoms with van der Waals surface area (Å²) >= 11 is 1.52. The largest absolute Gasteiger partial charge is 0.349 e. The highest BCUT2D eigenvalue weighted by molar-refractivity contribution is 7.13. The van der Waals surface area contributed by atoms with Crippen molar-refractivity contribution in [1.82, 2.24) is 15.3 Å². The highest BCUT2D eigenvalue weighted by atomic mass is 32.1. The Labute approximate surface area is 163 Å². The Bertz CT molecular complexity index is 936. The van der Waals surface area contributed by atoms with Gasteiger partial charge < -0.3 is 5.32 Å². The van der Waals surface area contributed by atoms with Crippen LogP contribution in [0.4, 0.5) is 0 Å². The third-order valence-corrected chi connectivity index (χ3v) is 5.94. The molecular formula is C22H23N3OS. The number of aromatic nitrogens is 2. The molecule has 0 spiro atoms. The van der Waals surface area contributed by atoms with Crippen LogP contribution in [0.2, 0.25) is 0 Å². The number of nitrogens with zero attached hydrogens (tertiary/aromatic N) is 2. The van der Waals surface area contributed by atoms with Crippen LogP contribution in [0.3, 0.4) is 0 Å². The monoisotopic (exact) mass is 377 g/mol. The molecule has 1 N–H and O–H groups in total. The molecule has 0 radical (unpaired) electrons. The van der Waals surface area contributed by atoms with Gasteiger partial charge in [0.25, 0.3) is 0 Å². The smallest absolute Gasteiger partial charge is 0.226 e. The van der Waals surface area contributed by atoms with Gasteiger partial charge in [-0.25, -0.2) is 4.98 Å². The number of aryl methyl sites for hydroxylation is 2. The number of amides is 1. The van der Waals surface area contributed by atoms with Crippen molar-refractivity contribution in [2.75, 3.05) is 0 Å². The average molecular weight is 378 g/mol. The zero-order valence-electron chi connectivity index (χ0n) is 15.4. The van der Waals surface area contributed by atoms with Crippen molar-refractivity contribution < 1.29 is 4.79 Å². The lowest BCUT2D eigenvalue weighted by atomic mass is 9.89. The third-order valence-electron chi connectivity index (χ3n) is 5.03. The third kappa shape index (κ3) is 4.25. The zero-order valence-corrected chi connectivity index (χ0v) is 16.3. The molecule has 0 aliphatic heterocycles. The Morgan fingerprint density at radius 3 is 2.85 bits per heavy atom. The minimum atomic E-state index is -0.00177. The summed E-state index contributed by atoms with van der Waals surface area (Å²) in [5.41, 5.74) is 5.72. The molecule has 1 aliphatic carbocycles. The highest BCUT2D eigenvalue weighted by Gasteiger charge is 2.15. The standard InChI is InChI=1S/C22H23N3OS/c1-15(17-10-9-16-6-2-3-7-18(16)12-17)24-21(26)13-19-14-27-22(25-19)20-8-4-5-11-23-20/h4-5,8-12,14-15H,2-3,6-7,13H2,1H3,(H,24,26). The first-order valence-electron chi connectivity index (χ1n) is 9.46. The van der Waals surface area contributed by atoms with E-state index in [2.05, 4.69) is 33.5 Å². The van der Waals surface area contributed by atoms with Crippen LogP contribution in [-0.4, -0.2) is 15.9 Å². The molecule has 138 valence electrons. The van der Waals surface area contributed by atoms with Crippen LogP contribution in [0, 0.1) is 0 Å². The van der Waals surface area contributed by atoms with E-state index in [4.69, 9.17) is 0 Å². The van der Waals surface area contributed by atoms with E-state index >= 15 is 0 Å². The fourth-order valence-corrected chi connectivity index (χ4v) is 4.35. The number of benzene rings is 1. The molecule has 1 aromatic carbocycles. The van der Waals surface area contributed by atoms with Gasteiger partial charge in [0.1, 0.15) is 5.01 Å². The van der Waals surface area contributed by atoms with Crippen molar-refractivity contribution in [3.8, 4) is 10.7 Å². The van der Waals surface area contributed by atoms with E-state index in [1.807, 2.05) is 30.5 Å². The number of hydrogen-bond acceptors (Lipinski definition) is 4. The summed E-state index contributed by atoms with van der Waals surface area (Å²) in [5.74, 6) is -0.00177. The van der Waals surface area contributed by atoms with Crippen molar-refractivity contribution >= 4 is 17.2 Å². The summed E-state index contributed by atoms with van der Waals surface area (Å²) in [7, 11) is 0. The molecule has 1 unspecified atom stereocenters. The maximum atomic E-state index is 12.5. The minimum Gasteiger partial charge on any atom is -0.349 e. The van der Waals surface area contributed by atoms with Gasteiger partial charge >= 0.3 is 0 Å². The van der Waals surface area contributed by atoms with Gasteiger partial charge in [-0.3, -0.25) is 9.78 Å². The van der Waals surface area contributed by atoms with Gasteiger partial charge in [0, 0.05) is 11.6 Å². The number of carbonyl (C=O) groups is 1. The molecule has 27 heavy (non-hydrogen) atoms. The molecule has 4 nitrogen and oxygen atoms in total. The number of carbonyl (C=O) groups excluding carboxylic acids is 1. The maximum Gasteiger partial charge on any atom is 0.226 e. The molecule has 0 fully saturated rings. The zero-order chi connectivity index (χ0) is 18.6. The summed E-state index contributed by atoms with van der Waals surface area (Å²) in [6.45, 7) is 2.04. The number of nitrogens with one attached hydrogen (secondary N) is 1. The first-order chi connectivity index (χ1) is 13.2. The lowest BCUT2D eigenvalue weighted by Crippen LogP contribution is -2.28. The van der Waals surface area contributed by atoms with Gasteiger partial charge in [-0.05, 0) is 61.4 Å². The molecule has 1 aliphatic rings. The summed E-state index contributed by atoms with van der Waals surface area (Å²) in [4.78, 5) is 21.3. The van der Waals surface area contributed by atoms with Crippen LogP contribution in [0.25, 0.3) is 10.7 Å². The van der Waals surface area contributed by atoms with Gasteiger partial charge in [-0.2, -0.15) is 0 Å². The van der Waals surface area contributed by atoms with Crippen LogP contribution >= 0.6 is 11.3 Å². The molecule has 2 aromatic heterocycles. The molecule has 0 saturated carbocycles.